The molecule has 0 aromatic carbocycles. The van der Waals surface area contributed by atoms with Gasteiger partial charge < -0.3 is 4.90 Å². The zero-order valence-corrected chi connectivity index (χ0v) is 9.75. The molecule has 0 unspecified atom stereocenters. The van der Waals surface area contributed by atoms with Gasteiger partial charge in [0.15, 0.2) is 0 Å². The van der Waals surface area contributed by atoms with Crippen LogP contribution in [0.15, 0.2) is 17.5 Å². The van der Waals surface area contributed by atoms with Gasteiger partial charge in [-0.2, -0.15) is 5.26 Å². The zero-order chi connectivity index (χ0) is 11.3. The molecule has 3 nitrogen and oxygen atoms in total. The summed E-state index contributed by atoms with van der Waals surface area (Å²) in [6, 6.07) is 5.87. The van der Waals surface area contributed by atoms with E-state index in [-0.39, 0.29) is 11.9 Å². The van der Waals surface area contributed by atoms with Crippen molar-refractivity contribution >= 4 is 17.2 Å². The summed E-state index contributed by atoms with van der Waals surface area (Å²) in [6.45, 7) is 4.43. The quantitative estimate of drug-likeness (QED) is 0.785. The minimum atomic E-state index is 0.0234. The van der Waals surface area contributed by atoms with Crippen molar-refractivity contribution < 1.29 is 4.79 Å². The van der Waals surface area contributed by atoms with Crippen molar-refractivity contribution in [2.24, 2.45) is 0 Å². The predicted octanol–water partition coefficient (Wildman–Crippen LogP) is 2.51. The highest BCUT2D eigenvalue weighted by molar-refractivity contribution is 7.12. The normalized spacial score (nSPS) is 10.0. The van der Waals surface area contributed by atoms with Crippen molar-refractivity contribution in [3.8, 4) is 6.07 Å². The molecule has 80 valence electrons. The summed E-state index contributed by atoms with van der Waals surface area (Å²) in [7, 11) is 0. The van der Waals surface area contributed by atoms with E-state index < -0.39 is 0 Å². The molecule has 0 aliphatic heterocycles. The smallest absolute Gasteiger partial charge is 0.264 e. The zero-order valence-electron chi connectivity index (χ0n) is 8.93. The molecule has 1 heterocycles. The molecule has 0 N–H and O–H groups in total. The summed E-state index contributed by atoms with van der Waals surface area (Å²) in [6.07, 6.45) is 0.384. The number of nitrogens with zero attached hydrogens (tertiary/aromatic N) is 2. The van der Waals surface area contributed by atoms with Crippen LogP contribution in [0.25, 0.3) is 0 Å². The largest absolute Gasteiger partial charge is 0.334 e. The topological polar surface area (TPSA) is 44.1 Å². The number of carbonyl (C=O) groups is 1. The summed E-state index contributed by atoms with van der Waals surface area (Å²) in [5.74, 6) is 0.0234. The van der Waals surface area contributed by atoms with Gasteiger partial charge in [-0.25, -0.2) is 0 Å². The summed E-state index contributed by atoms with van der Waals surface area (Å²) in [4.78, 5) is 14.4. The molecule has 1 aromatic heterocycles. The van der Waals surface area contributed by atoms with E-state index in [9.17, 15) is 4.79 Å². The van der Waals surface area contributed by atoms with Gasteiger partial charge in [-0.3, -0.25) is 4.79 Å². The van der Waals surface area contributed by atoms with Crippen molar-refractivity contribution in [2.45, 2.75) is 26.3 Å². The maximum atomic E-state index is 12.0. The Balaban J connectivity index is 2.73. The molecule has 0 radical (unpaired) electrons. The highest BCUT2D eigenvalue weighted by atomic mass is 32.1. The van der Waals surface area contributed by atoms with E-state index >= 15 is 0 Å². The summed E-state index contributed by atoms with van der Waals surface area (Å²) < 4.78 is 0. The fourth-order valence-electron chi connectivity index (χ4n) is 1.31. The van der Waals surface area contributed by atoms with Gasteiger partial charge in [0.25, 0.3) is 5.91 Å². The Bertz CT molecular complexity index is 351. The van der Waals surface area contributed by atoms with Crippen LogP contribution in [0.4, 0.5) is 0 Å². The van der Waals surface area contributed by atoms with Gasteiger partial charge >= 0.3 is 0 Å². The summed E-state index contributed by atoms with van der Waals surface area (Å²) >= 11 is 1.44. The number of hydrogen-bond donors (Lipinski definition) is 0. The third-order valence-electron chi connectivity index (χ3n) is 2.08. The number of carbonyl (C=O) groups excluding carboxylic acids is 1. The first kappa shape index (κ1) is 11.7. The molecule has 0 saturated heterocycles. The monoisotopic (exact) mass is 222 g/mol. The highest BCUT2D eigenvalue weighted by Crippen LogP contribution is 2.14. The van der Waals surface area contributed by atoms with Gasteiger partial charge in [-0.05, 0) is 25.3 Å². The van der Waals surface area contributed by atoms with Gasteiger partial charge in [-0.15, -0.1) is 11.3 Å². The first-order valence-corrected chi connectivity index (χ1v) is 5.76. The predicted molar refractivity (Wildman–Crippen MR) is 60.7 cm³/mol. The number of rotatable bonds is 4. The van der Waals surface area contributed by atoms with E-state index in [0.717, 1.165) is 4.88 Å². The van der Waals surface area contributed by atoms with Crippen molar-refractivity contribution in [2.75, 3.05) is 6.54 Å². The molecule has 1 amide bonds. The molecule has 1 rings (SSSR count). The lowest BCUT2D eigenvalue weighted by molar-refractivity contribution is 0.0715. The van der Waals surface area contributed by atoms with Gasteiger partial charge in [0.05, 0.1) is 17.4 Å². The molecular weight excluding hydrogens is 208 g/mol. The molecule has 0 spiro atoms. The lowest BCUT2D eigenvalue weighted by Gasteiger charge is -2.25. The number of amides is 1. The minimum Gasteiger partial charge on any atom is -0.334 e. The lowest BCUT2D eigenvalue weighted by atomic mass is 10.2. The van der Waals surface area contributed by atoms with Crippen LogP contribution < -0.4 is 0 Å². The van der Waals surface area contributed by atoms with Crippen molar-refractivity contribution in [1.82, 2.24) is 4.90 Å². The highest BCUT2D eigenvalue weighted by Gasteiger charge is 2.18. The van der Waals surface area contributed by atoms with Crippen LogP contribution in [-0.2, 0) is 0 Å². The van der Waals surface area contributed by atoms with Gasteiger partial charge in [0.1, 0.15) is 0 Å². The Morgan fingerprint density at radius 1 is 1.67 bits per heavy atom. The van der Waals surface area contributed by atoms with Crippen LogP contribution >= 0.6 is 11.3 Å². The van der Waals surface area contributed by atoms with Crippen LogP contribution in [0.5, 0.6) is 0 Å². The summed E-state index contributed by atoms with van der Waals surface area (Å²) in [5, 5.41) is 10.4. The van der Waals surface area contributed by atoms with E-state index in [2.05, 4.69) is 6.07 Å². The summed E-state index contributed by atoms with van der Waals surface area (Å²) in [5.41, 5.74) is 0. The first-order chi connectivity index (χ1) is 7.16. The van der Waals surface area contributed by atoms with Gasteiger partial charge in [0, 0.05) is 12.6 Å². The average Bonchev–Trinajstić information content (AvgIpc) is 2.70. The van der Waals surface area contributed by atoms with E-state index in [0.29, 0.717) is 13.0 Å². The molecule has 4 heteroatoms. The number of thiophene rings is 1. The molecule has 0 bridgehead atoms. The molecule has 0 saturated carbocycles. The first-order valence-electron chi connectivity index (χ1n) is 4.88. The van der Waals surface area contributed by atoms with Crippen LogP contribution in [0, 0.1) is 11.3 Å². The second kappa shape index (κ2) is 5.52. The van der Waals surface area contributed by atoms with Gasteiger partial charge in [0.2, 0.25) is 0 Å². The Kier molecular flexibility index (Phi) is 4.32. The average molecular weight is 222 g/mol. The molecule has 0 fully saturated rings. The van der Waals surface area contributed by atoms with E-state index in [1.807, 2.05) is 31.4 Å². The van der Waals surface area contributed by atoms with E-state index in [4.69, 9.17) is 5.26 Å². The molecular formula is C11H14N2OS. The standard InChI is InChI=1S/C11H14N2OS/c1-9(2)13(7-4-6-12)11(14)10-5-3-8-15-10/h3,5,8-9H,4,7H2,1-2H3. The maximum absolute atomic E-state index is 12.0. The van der Waals surface area contributed by atoms with Crippen LogP contribution in [0.1, 0.15) is 29.9 Å². The molecule has 0 atom stereocenters. The van der Waals surface area contributed by atoms with Crippen molar-refractivity contribution in [1.29, 1.82) is 5.26 Å². The molecule has 0 aliphatic rings. The SMILES string of the molecule is CC(C)N(CCC#N)C(=O)c1cccs1. The second-order valence-corrected chi connectivity index (χ2v) is 4.43. The maximum Gasteiger partial charge on any atom is 0.264 e. The third kappa shape index (κ3) is 3.07. The Morgan fingerprint density at radius 2 is 2.40 bits per heavy atom. The third-order valence-corrected chi connectivity index (χ3v) is 2.94. The lowest BCUT2D eigenvalue weighted by Crippen LogP contribution is -2.37. The minimum absolute atomic E-state index is 0.0234. The molecule has 15 heavy (non-hydrogen) atoms. The van der Waals surface area contributed by atoms with Crippen LogP contribution in [-0.4, -0.2) is 23.4 Å². The van der Waals surface area contributed by atoms with Crippen LogP contribution in [0.3, 0.4) is 0 Å². The Morgan fingerprint density at radius 3 is 2.87 bits per heavy atom. The molecule has 0 aliphatic carbocycles. The number of nitriles is 1. The Hall–Kier alpha value is -1.34. The molecule has 1 aromatic rings. The second-order valence-electron chi connectivity index (χ2n) is 3.48. The fraction of sp³-hybridized carbons (Fsp3) is 0.455. The van der Waals surface area contributed by atoms with Gasteiger partial charge in [-0.1, -0.05) is 6.07 Å². The van der Waals surface area contributed by atoms with E-state index in [1.54, 1.807) is 4.90 Å². The fourth-order valence-corrected chi connectivity index (χ4v) is 1.99. The van der Waals surface area contributed by atoms with Crippen molar-refractivity contribution in [3.05, 3.63) is 22.4 Å². The number of hydrogen-bond acceptors (Lipinski definition) is 3. The Labute approximate surface area is 93.9 Å². The van der Waals surface area contributed by atoms with Crippen molar-refractivity contribution in [3.63, 3.8) is 0 Å². The van der Waals surface area contributed by atoms with E-state index in [1.165, 1.54) is 11.3 Å². The van der Waals surface area contributed by atoms with Crippen LogP contribution in [0.2, 0.25) is 0 Å².